The van der Waals surface area contributed by atoms with Gasteiger partial charge in [0.05, 0.1) is 10.7 Å². The highest BCUT2D eigenvalue weighted by atomic mass is 32.1. The zero-order valence-corrected chi connectivity index (χ0v) is 16.2. The molecule has 3 rings (SSSR count). The van der Waals surface area contributed by atoms with Crippen molar-refractivity contribution in [3.63, 3.8) is 0 Å². The summed E-state index contributed by atoms with van der Waals surface area (Å²) in [6, 6.07) is 7.76. The van der Waals surface area contributed by atoms with Crippen molar-refractivity contribution in [1.82, 2.24) is 14.8 Å². The van der Waals surface area contributed by atoms with Crippen LogP contribution in [0.15, 0.2) is 35.7 Å². The predicted molar refractivity (Wildman–Crippen MR) is 105 cm³/mol. The Morgan fingerprint density at radius 2 is 1.96 bits per heavy atom. The Morgan fingerprint density at radius 3 is 2.58 bits per heavy atom. The van der Waals surface area contributed by atoms with E-state index >= 15 is 0 Å². The molecule has 26 heavy (non-hydrogen) atoms. The van der Waals surface area contributed by atoms with E-state index in [1.165, 1.54) is 0 Å². The van der Waals surface area contributed by atoms with E-state index in [0.29, 0.717) is 6.61 Å². The first-order valence-electron chi connectivity index (χ1n) is 8.97. The van der Waals surface area contributed by atoms with Gasteiger partial charge in [-0.25, -0.2) is 4.98 Å². The van der Waals surface area contributed by atoms with Gasteiger partial charge in [-0.2, -0.15) is 0 Å². The molecule has 0 saturated carbocycles. The van der Waals surface area contributed by atoms with Gasteiger partial charge in [0.1, 0.15) is 12.4 Å². The van der Waals surface area contributed by atoms with Crippen LogP contribution in [0.25, 0.3) is 6.08 Å². The molecule has 0 radical (unpaired) electrons. The second-order valence-electron chi connectivity index (χ2n) is 6.31. The summed E-state index contributed by atoms with van der Waals surface area (Å²) in [6.45, 7) is 9.19. The van der Waals surface area contributed by atoms with Gasteiger partial charge in [0.15, 0.2) is 0 Å². The molecule has 1 aliphatic heterocycles. The lowest BCUT2D eigenvalue weighted by Gasteiger charge is -2.33. The molecule has 1 amide bonds. The molecule has 1 aliphatic rings. The number of benzene rings is 1. The lowest BCUT2D eigenvalue weighted by atomic mass is 10.2. The Kier molecular flexibility index (Phi) is 6.41. The van der Waals surface area contributed by atoms with E-state index in [0.717, 1.165) is 54.7 Å². The highest BCUT2D eigenvalue weighted by Crippen LogP contribution is 2.16. The number of hydrogen-bond acceptors (Lipinski definition) is 5. The van der Waals surface area contributed by atoms with E-state index in [-0.39, 0.29) is 5.91 Å². The SMILES string of the molecule is CCN1CCN(C(=O)/C=C/c2ccc(OCc3csc(C)n3)cc2)CC1. The molecule has 1 saturated heterocycles. The quantitative estimate of drug-likeness (QED) is 0.732. The zero-order chi connectivity index (χ0) is 18.4. The van der Waals surface area contributed by atoms with Crippen molar-refractivity contribution in [3.8, 4) is 5.75 Å². The van der Waals surface area contributed by atoms with Crippen molar-refractivity contribution >= 4 is 23.3 Å². The van der Waals surface area contributed by atoms with Gasteiger partial charge in [0.25, 0.3) is 0 Å². The van der Waals surface area contributed by atoms with Crippen LogP contribution >= 0.6 is 11.3 Å². The highest BCUT2D eigenvalue weighted by molar-refractivity contribution is 7.09. The summed E-state index contributed by atoms with van der Waals surface area (Å²) in [5.74, 6) is 0.884. The predicted octanol–water partition coefficient (Wildman–Crippen LogP) is 3.21. The number of carbonyl (C=O) groups is 1. The largest absolute Gasteiger partial charge is 0.487 e. The molecule has 1 aromatic carbocycles. The van der Waals surface area contributed by atoms with Crippen molar-refractivity contribution in [2.45, 2.75) is 20.5 Å². The first-order chi connectivity index (χ1) is 12.6. The Bertz CT molecular complexity index is 747. The Balaban J connectivity index is 1.49. The van der Waals surface area contributed by atoms with Crippen molar-refractivity contribution < 1.29 is 9.53 Å². The number of carbonyl (C=O) groups excluding carboxylic acids is 1. The molecule has 1 aromatic heterocycles. The maximum atomic E-state index is 12.3. The molecule has 0 atom stereocenters. The summed E-state index contributed by atoms with van der Waals surface area (Å²) in [4.78, 5) is 20.9. The third kappa shape index (κ3) is 5.16. The fourth-order valence-electron chi connectivity index (χ4n) is 2.86. The van der Waals surface area contributed by atoms with Crippen LogP contribution in [0.4, 0.5) is 0 Å². The minimum Gasteiger partial charge on any atom is -0.487 e. The van der Waals surface area contributed by atoms with Crippen molar-refractivity contribution in [2.24, 2.45) is 0 Å². The van der Waals surface area contributed by atoms with Crippen LogP contribution in [0.3, 0.4) is 0 Å². The normalized spacial score (nSPS) is 15.5. The lowest BCUT2D eigenvalue weighted by Crippen LogP contribution is -2.48. The van der Waals surface area contributed by atoms with Gasteiger partial charge in [-0.15, -0.1) is 11.3 Å². The zero-order valence-electron chi connectivity index (χ0n) is 15.4. The Morgan fingerprint density at radius 1 is 1.23 bits per heavy atom. The van der Waals surface area contributed by atoms with Crippen LogP contribution in [0.5, 0.6) is 5.75 Å². The van der Waals surface area contributed by atoms with E-state index in [2.05, 4.69) is 16.8 Å². The maximum absolute atomic E-state index is 12.3. The molecule has 0 unspecified atom stereocenters. The summed E-state index contributed by atoms with van der Waals surface area (Å²) in [5.41, 5.74) is 1.94. The van der Waals surface area contributed by atoms with Gasteiger partial charge >= 0.3 is 0 Å². The van der Waals surface area contributed by atoms with Crippen LogP contribution in [0.2, 0.25) is 0 Å². The fourth-order valence-corrected chi connectivity index (χ4v) is 3.46. The number of ether oxygens (including phenoxy) is 1. The molecule has 0 N–H and O–H groups in total. The van der Waals surface area contributed by atoms with Gasteiger partial charge in [-0.05, 0) is 37.2 Å². The van der Waals surface area contributed by atoms with Gasteiger partial charge in [-0.3, -0.25) is 4.79 Å². The monoisotopic (exact) mass is 371 g/mol. The van der Waals surface area contributed by atoms with E-state index in [4.69, 9.17) is 4.74 Å². The molecule has 138 valence electrons. The number of aryl methyl sites for hydroxylation is 1. The summed E-state index contributed by atoms with van der Waals surface area (Å²) in [6.07, 6.45) is 3.53. The van der Waals surface area contributed by atoms with E-state index in [1.807, 2.05) is 47.5 Å². The van der Waals surface area contributed by atoms with Gasteiger partial charge in [-0.1, -0.05) is 19.1 Å². The number of nitrogens with zero attached hydrogens (tertiary/aromatic N) is 3. The molecular weight excluding hydrogens is 346 g/mol. The second kappa shape index (κ2) is 8.96. The Labute approximate surface area is 158 Å². The van der Waals surface area contributed by atoms with E-state index in [1.54, 1.807) is 17.4 Å². The van der Waals surface area contributed by atoms with Crippen LogP contribution in [-0.4, -0.2) is 53.4 Å². The molecule has 0 spiro atoms. The van der Waals surface area contributed by atoms with Crippen molar-refractivity contribution in [3.05, 3.63) is 52.0 Å². The van der Waals surface area contributed by atoms with Gasteiger partial charge < -0.3 is 14.5 Å². The van der Waals surface area contributed by atoms with Gasteiger partial charge in [0.2, 0.25) is 5.91 Å². The van der Waals surface area contributed by atoms with E-state index < -0.39 is 0 Å². The van der Waals surface area contributed by atoms with Gasteiger partial charge in [0, 0.05) is 37.6 Å². The van der Waals surface area contributed by atoms with Crippen LogP contribution in [0, 0.1) is 6.92 Å². The Hall–Kier alpha value is -2.18. The smallest absolute Gasteiger partial charge is 0.246 e. The second-order valence-corrected chi connectivity index (χ2v) is 7.37. The maximum Gasteiger partial charge on any atom is 0.246 e. The number of aromatic nitrogens is 1. The van der Waals surface area contributed by atoms with Crippen molar-refractivity contribution in [1.29, 1.82) is 0 Å². The number of likely N-dealkylation sites (N-methyl/N-ethyl adjacent to an activating group) is 1. The summed E-state index contributed by atoms with van der Waals surface area (Å²) in [7, 11) is 0. The number of thiazole rings is 1. The first kappa shape index (κ1) is 18.6. The average molecular weight is 372 g/mol. The molecule has 2 aromatic rings. The minimum absolute atomic E-state index is 0.0833. The molecule has 0 bridgehead atoms. The van der Waals surface area contributed by atoms with Crippen molar-refractivity contribution in [2.75, 3.05) is 32.7 Å². The number of amides is 1. The van der Waals surface area contributed by atoms with E-state index in [9.17, 15) is 4.79 Å². The topological polar surface area (TPSA) is 45.7 Å². The number of rotatable bonds is 6. The average Bonchev–Trinajstić information content (AvgIpc) is 3.10. The van der Waals surface area contributed by atoms with Crippen LogP contribution < -0.4 is 4.74 Å². The molecule has 2 heterocycles. The molecular formula is C20H25N3O2S. The minimum atomic E-state index is 0.0833. The third-order valence-electron chi connectivity index (χ3n) is 4.48. The van der Waals surface area contributed by atoms with Crippen LogP contribution in [-0.2, 0) is 11.4 Å². The molecule has 0 aliphatic carbocycles. The van der Waals surface area contributed by atoms with Crippen LogP contribution in [0.1, 0.15) is 23.2 Å². The highest BCUT2D eigenvalue weighted by Gasteiger charge is 2.18. The lowest BCUT2D eigenvalue weighted by molar-refractivity contribution is -0.127. The summed E-state index contributed by atoms with van der Waals surface area (Å²) in [5, 5.41) is 3.06. The molecule has 1 fully saturated rings. The standard InChI is InChI=1S/C20H25N3O2S/c1-3-22-10-12-23(13-11-22)20(24)9-6-17-4-7-19(8-5-17)25-14-18-15-26-16(2)21-18/h4-9,15H,3,10-14H2,1-2H3/b9-6+. The first-order valence-corrected chi connectivity index (χ1v) is 9.85. The third-order valence-corrected chi connectivity index (χ3v) is 5.31. The summed E-state index contributed by atoms with van der Waals surface area (Å²) < 4.78 is 5.74. The summed E-state index contributed by atoms with van der Waals surface area (Å²) >= 11 is 1.63. The molecule has 6 heteroatoms. The number of piperazine rings is 1. The fraction of sp³-hybridized carbons (Fsp3) is 0.400. The molecule has 5 nitrogen and oxygen atoms in total. The number of hydrogen-bond donors (Lipinski definition) is 0.